The zero-order valence-electron chi connectivity index (χ0n) is 18.8. The minimum atomic E-state index is -4.53. The van der Waals surface area contributed by atoms with Gasteiger partial charge in [0.25, 0.3) is 5.91 Å². The predicted octanol–water partition coefficient (Wildman–Crippen LogP) is 5.76. The number of amides is 1. The van der Waals surface area contributed by atoms with Crippen LogP contribution in [0.5, 0.6) is 5.75 Å². The first-order valence-corrected chi connectivity index (χ1v) is 10.8. The van der Waals surface area contributed by atoms with Crippen molar-refractivity contribution in [3.63, 3.8) is 0 Å². The molecule has 7 nitrogen and oxygen atoms in total. The Morgan fingerprint density at radius 1 is 0.972 bits per heavy atom. The average molecular weight is 489 g/mol. The molecular formula is C26H18F3N5O2. The van der Waals surface area contributed by atoms with E-state index in [0.717, 1.165) is 17.2 Å². The molecule has 0 aliphatic carbocycles. The topological polar surface area (TPSA) is 81.9 Å². The molecule has 3 aromatic heterocycles. The monoisotopic (exact) mass is 489 g/mol. The molecule has 0 bridgehead atoms. The minimum absolute atomic E-state index is 0.169. The van der Waals surface area contributed by atoms with Crippen LogP contribution in [0.2, 0.25) is 0 Å². The molecule has 180 valence electrons. The number of methoxy groups -OCH3 is 1. The summed E-state index contributed by atoms with van der Waals surface area (Å²) < 4.78 is 45.8. The fourth-order valence-corrected chi connectivity index (χ4v) is 3.74. The van der Waals surface area contributed by atoms with E-state index in [2.05, 4.69) is 20.4 Å². The molecule has 0 fully saturated rings. The van der Waals surface area contributed by atoms with Crippen molar-refractivity contribution in [1.82, 2.24) is 19.7 Å². The van der Waals surface area contributed by atoms with Crippen molar-refractivity contribution < 1.29 is 22.7 Å². The van der Waals surface area contributed by atoms with Crippen LogP contribution < -0.4 is 10.1 Å². The molecule has 0 spiro atoms. The van der Waals surface area contributed by atoms with E-state index in [1.807, 2.05) is 12.1 Å². The van der Waals surface area contributed by atoms with Crippen molar-refractivity contribution in [3.8, 4) is 22.7 Å². The van der Waals surface area contributed by atoms with Crippen LogP contribution in [0, 0.1) is 0 Å². The van der Waals surface area contributed by atoms with Gasteiger partial charge in [0.05, 0.1) is 24.4 Å². The molecule has 0 aliphatic heterocycles. The van der Waals surface area contributed by atoms with Crippen LogP contribution in [0.3, 0.4) is 0 Å². The smallest absolute Gasteiger partial charge is 0.433 e. The van der Waals surface area contributed by atoms with Gasteiger partial charge in [-0.1, -0.05) is 24.3 Å². The van der Waals surface area contributed by atoms with Gasteiger partial charge in [-0.15, -0.1) is 0 Å². The van der Waals surface area contributed by atoms with Crippen LogP contribution in [0.4, 0.5) is 18.9 Å². The van der Waals surface area contributed by atoms with E-state index in [0.29, 0.717) is 28.2 Å². The molecule has 5 aromatic rings. The Kier molecular flexibility index (Phi) is 5.85. The van der Waals surface area contributed by atoms with Crippen molar-refractivity contribution in [2.75, 3.05) is 12.4 Å². The summed E-state index contributed by atoms with van der Waals surface area (Å²) in [6.45, 7) is 0. The summed E-state index contributed by atoms with van der Waals surface area (Å²) in [5.41, 5.74) is 1.81. The lowest BCUT2D eigenvalue weighted by Crippen LogP contribution is -2.12. The minimum Gasteiger partial charge on any atom is -0.496 e. The summed E-state index contributed by atoms with van der Waals surface area (Å²) in [5, 5.41) is 7.61. The second-order valence-electron chi connectivity index (χ2n) is 7.80. The maximum absolute atomic E-state index is 13.0. The summed E-state index contributed by atoms with van der Waals surface area (Å²) in [6, 6.07) is 17.8. The number of nitrogens with zero attached hydrogens (tertiary/aromatic N) is 4. The first-order chi connectivity index (χ1) is 17.3. The van der Waals surface area contributed by atoms with Crippen LogP contribution in [0.15, 0.2) is 85.3 Å². The lowest BCUT2D eigenvalue weighted by atomic mass is 10.1. The number of benzene rings is 2. The number of pyridine rings is 2. The Balaban J connectivity index is 1.38. The Hall–Kier alpha value is -4.73. The van der Waals surface area contributed by atoms with E-state index in [1.54, 1.807) is 48.8 Å². The maximum atomic E-state index is 13.0. The number of carbonyl (C=O) groups is 1. The quantitative estimate of drug-likeness (QED) is 0.339. The molecule has 0 unspecified atom stereocenters. The largest absolute Gasteiger partial charge is 0.496 e. The first-order valence-electron chi connectivity index (χ1n) is 10.8. The highest BCUT2D eigenvalue weighted by Gasteiger charge is 2.32. The molecule has 0 saturated heterocycles. The number of ether oxygens (including phenoxy) is 1. The second kappa shape index (κ2) is 9.14. The van der Waals surface area contributed by atoms with Gasteiger partial charge in [0.15, 0.2) is 5.82 Å². The van der Waals surface area contributed by atoms with Crippen LogP contribution in [0.1, 0.15) is 16.1 Å². The standard InChI is InChI=1S/C26H18F3N5O2/c1-36-22-5-3-2-4-20(22)25(35)32-18-8-6-16(7-9-18)17-14-31-34(15-17)24-19-10-11-23(26(27,28)29)33-21(19)12-13-30-24/h2-15H,1H3,(H,32,35). The van der Waals surface area contributed by atoms with Gasteiger partial charge in [-0.3, -0.25) is 4.79 Å². The number of halogens is 3. The SMILES string of the molecule is COc1ccccc1C(=O)Nc1ccc(-c2cnn(-c3nccc4nc(C(F)(F)F)ccc34)c2)cc1. The summed E-state index contributed by atoms with van der Waals surface area (Å²) in [4.78, 5) is 20.6. The molecule has 10 heteroatoms. The Labute approximate surface area is 203 Å². The van der Waals surface area contributed by atoms with Gasteiger partial charge < -0.3 is 10.1 Å². The highest BCUT2D eigenvalue weighted by molar-refractivity contribution is 6.06. The van der Waals surface area contributed by atoms with Crippen LogP contribution in [0.25, 0.3) is 27.8 Å². The molecule has 2 aromatic carbocycles. The maximum Gasteiger partial charge on any atom is 0.433 e. The van der Waals surface area contributed by atoms with Gasteiger partial charge >= 0.3 is 6.18 Å². The van der Waals surface area contributed by atoms with Crippen LogP contribution in [-0.2, 0) is 6.18 Å². The van der Waals surface area contributed by atoms with Gasteiger partial charge in [-0.05, 0) is 48.0 Å². The summed E-state index contributed by atoms with van der Waals surface area (Å²) in [6.07, 6.45) is 0.211. The van der Waals surface area contributed by atoms with Crippen molar-refractivity contribution in [2.45, 2.75) is 6.18 Å². The molecule has 1 N–H and O–H groups in total. The molecule has 0 atom stereocenters. The van der Waals surface area contributed by atoms with Crippen molar-refractivity contribution in [1.29, 1.82) is 0 Å². The van der Waals surface area contributed by atoms with E-state index in [9.17, 15) is 18.0 Å². The Morgan fingerprint density at radius 2 is 1.75 bits per heavy atom. The number of anilines is 1. The van der Waals surface area contributed by atoms with E-state index < -0.39 is 11.9 Å². The molecular weight excluding hydrogens is 471 g/mol. The third-order valence-corrected chi connectivity index (χ3v) is 5.51. The normalized spacial score (nSPS) is 11.4. The van der Waals surface area contributed by atoms with Gasteiger partial charge in [0.2, 0.25) is 0 Å². The summed E-state index contributed by atoms with van der Waals surface area (Å²) in [5.74, 6) is 0.545. The average Bonchev–Trinajstić information content (AvgIpc) is 3.38. The lowest BCUT2D eigenvalue weighted by molar-refractivity contribution is -0.140. The number of fused-ring (bicyclic) bond motifs is 1. The Morgan fingerprint density at radius 3 is 2.50 bits per heavy atom. The number of para-hydroxylation sites is 1. The number of rotatable bonds is 5. The number of alkyl halides is 3. The van der Waals surface area contributed by atoms with Crippen molar-refractivity contribution >= 4 is 22.5 Å². The zero-order chi connectivity index (χ0) is 25.3. The number of carbonyl (C=O) groups excluding carboxylic acids is 1. The van der Waals surface area contributed by atoms with Crippen molar-refractivity contribution in [2.24, 2.45) is 0 Å². The highest BCUT2D eigenvalue weighted by Crippen LogP contribution is 2.30. The van der Waals surface area contributed by atoms with Gasteiger partial charge in [0.1, 0.15) is 11.4 Å². The predicted molar refractivity (Wildman–Crippen MR) is 128 cm³/mol. The molecule has 3 heterocycles. The Bertz CT molecular complexity index is 1560. The number of hydrogen-bond donors (Lipinski definition) is 1. The molecule has 36 heavy (non-hydrogen) atoms. The van der Waals surface area contributed by atoms with E-state index in [4.69, 9.17) is 4.74 Å². The zero-order valence-corrected chi connectivity index (χ0v) is 18.8. The number of hydrogen-bond acceptors (Lipinski definition) is 5. The van der Waals surface area contributed by atoms with Crippen LogP contribution in [-0.4, -0.2) is 32.8 Å². The first kappa shape index (κ1) is 23.0. The third-order valence-electron chi connectivity index (χ3n) is 5.51. The molecule has 0 saturated carbocycles. The molecule has 0 aliphatic rings. The summed E-state index contributed by atoms with van der Waals surface area (Å²) >= 11 is 0. The molecule has 5 rings (SSSR count). The van der Waals surface area contributed by atoms with Gasteiger partial charge in [0, 0.05) is 29.0 Å². The number of aromatic nitrogens is 4. The molecule has 1 amide bonds. The highest BCUT2D eigenvalue weighted by atomic mass is 19.4. The van der Waals surface area contributed by atoms with E-state index in [-0.39, 0.29) is 11.4 Å². The lowest BCUT2D eigenvalue weighted by Gasteiger charge is -2.09. The second-order valence-corrected chi connectivity index (χ2v) is 7.80. The van der Waals surface area contributed by atoms with E-state index in [1.165, 1.54) is 30.1 Å². The van der Waals surface area contributed by atoms with Crippen LogP contribution >= 0.6 is 0 Å². The van der Waals surface area contributed by atoms with Crippen molar-refractivity contribution in [3.05, 3.63) is 96.6 Å². The van der Waals surface area contributed by atoms with Gasteiger partial charge in [-0.25, -0.2) is 14.6 Å². The fourth-order valence-electron chi connectivity index (χ4n) is 3.74. The van der Waals surface area contributed by atoms with Gasteiger partial charge in [-0.2, -0.15) is 18.3 Å². The summed E-state index contributed by atoms with van der Waals surface area (Å²) in [7, 11) is 1.51. The third kappa shape index (κ3) is 4.48. The molecule has 0 radical (unpaired) electrons. The fraction of sp³-hybridized carbons (Fsp3) is 0.0769. The van der Waals surface area contributed by atoms with E-state index >= 15 is 0 Å². The number of nitrogens with one attached hydrogen (secondary N) is 1.